The van der Waals surface area contributed by atoms with Gasteiger partial charge in [-0.3, -0.25) is 10.1 Å². The molecule has 0 atom stereocenters. The summed E-state index contributed by atoms with van der Waals surface area (Å²) in [5.41, 5.74) is 1.76. The number of benzene rings is 1. The van der Waals surface area contributed by atoms with Crippen LogP contribution in [0.5, 0.6) is 0 Å². The van der Waals surface area contributed by atoms with E-state index in [9.17, 15) is 4.79 Å². The molecule has 21 heavy (non-hydrogen) atoms. The Morgan fingerprint density at radius 1 is 1.14 bits per heavy atom. The maximum absolute atomic E-state index is 12.5. The number of carbonyl (C=O) groups is 1. The number of hydrogen-bond acceptors (Lipinski definition) is 4. The number of pyridine rings is 1. The van der Waals surface area contributed by atoms with Crippen molar-refractivity contribution in [2.24, 2.45) is 0 Å². The van der Waals surface area contributed by atoms with Gasteiger partial charge in [0.25, 0.3) is 0 Å². The topological polar surface area (TPSA) is 67.9 Å². The molecule has 5 nitrogen and oxygen atoms in total. The summed E-state index contributed by atoms with van der Waals surface area (Å²) in [6.45, 7) is 0. The lowest BCUT2D eigenvalue weighted by Crippen LogP contribution is -2.18. The average Bonchev–Trinajstić information content (AvgIpc) is 3.14. The molecule has 1 fully saturated rings. The summed E-state index contributed by atoms with van der Waals surface area (Å²) in [5.74, 6) is -0.351. The zero-order chi connectivity index (χ0) is 14.3. The van der Waals surface area contributed by atoms with Crippen LogP contribution in [0.4, 0.5) is 0 Å². The van der Waals surface area contributed by atoms with E-state index in [4.69, 9.17) is 4.74 Å². The maximum atomic E-state index is 12.5. The molecule has 4 rings (SSSR count). The van der Waals surface area contributed by atoms with Gasteiger partial charge in [0.05, 0.1) is 23.5 Å². The van der Waals surface area contributed by atoms with Crippen LogP contribution in [-0.2, 0) is 10.3 Å². The molecule has 104 valence electrons. The van der Waals surface area contributed by atoms with Gasteiger partial charge in [0, 0.05) is 11.6 Å². The molecular formula is C16H13N3O2. The molecule has 0 bridgehead atoms. The molecule has 2 heterocycles. The molecule has 0 saturated heterocycles. The Kier molecular flexibility index (Phi) is 2.54. The minimum absolute atomic E-state index is 0.351. The zero-order valence-electron chi connectivity index (χ0n) is 11.2. The van der Waals surface area contributed by atoms with E-state index in [0.717, 1.165) is 29.3 Å². The Hall–Kier alpha value is -2.69. The summed E-state index contributed by atoms with van der Waals surface area (Å²) in [6.07, 6.45) is 6.51. The molecule has 5 heteroatoms. The number of esters is 1. The molecule has 3 aromatic rings. The number of hydrogen-bond donors (Lipinski definition) is 1. The second-order valence-corrected chi connectivity index (χ2v) is 5.27. The third-order valence-corrected chi connectivity index (χ3v) is 3.88. The highest BCUT2D eigenvalue weighted by atomic mass is 16.6. The van der Waals surface area contributed by atoms with Crippen LogP contribution >= 0.6 is 0 Å². The zero-order valence-corrected chi connectivity index (χ0v) is 11.2. The van der Waals surface area contributed by atoms with Crippen LogP contribution in [-0.4, -0.2) is 21.2 Å². The van der Waals surface area contributed by atoms with E-state index < -0.39 is 5.60 Å². The lowest BCUT2D eigenvalue weighted by atomic mass is 10.1. The Morgan fingerprint density at radius 2 is 1.95 bits per heavy atom. The third-order valence-electron chi connectivity index (χ3n) is 3.88. The SMILES string of the molecule is O=C(OC1(c2ccccc2)CC1)c1cncc2[nH]ncc12. The Bertz CT molecular complexity index is 807. The molecule has 1 aromatic carbocycles. The predicted molar refractivity (Wildman–Crippen MR) is 76.7 cm³/mol. The Labute approximate surface area is 121 Å². The van der Waals surface area contributed by atoms with E-state index in [1.165, 1.54) is 6.20 Å². The largest absolute Gasteiger partial charge is 0.451 e. The van der Waals surface area contributed by atoms with Gasteiger partial charge in [0.15, 0.2) is 0 Å². The van der Waals surface area contributed by atoms with Crippen LogP contribution in [0.3, 0.4) is 0 Å². The van der Waals surface area contributed by atoms with Crippen LogP contribution in [0.2, 0.25) is 0 Å². The van der Waals surface area contributed by atoms with Gasteiger partial charge in [-0.05, 0) is 18.4 Å². The fraction of sp³-hybridized carbons (Fsp3) is 0.188. The summed E-state index contributed by atoms with van der Waals surface area (Å²) >= 11 is 0. The number of carbonyl (C=O) groups excluding carboxylic acids is 1. The van der Waals surface area contributed by atoms with E-state index in [1.807, 2.05) is 30.3 Å². The van der Waals surface area contributed by atoms with Gasteiger partial charge in [-0.1, -0.05) is 30.3 Å². The van der Waals surface area contributed by atoms with Crippen molar-refractivity contribution in [3.05, 3.63) is 60.0 Å². The van der Waals surface area contributed by atoms with Gasteiger partial charge < -0.3 is 4.74 Å². The van der Waals surface area contributed by atoms with E-state index in [0.29, 0.717) is 5.56 Å². The Balaban J connectivity index is 1.66. The minimum Gasteiger partial charge on any atom is -0.451 e. The summed E-state index contributed by atoms with van der Waals surface area (Å²) in [7, 11) is 0. The summed E-state index contributed by atoms with van der Waals surface area (Å²) < 4.78 is 5.78. The number of rotatable bonds is 3. The van der Waals surface area contributed by atoms with Gasteiger partial charge in [0.1, 0.15) is 5.60 Å². The molecular weight excluding hydrogens is 266 g/mol. The molecule has 1 aliphatic carbocycles. The smallest absolute Gasteiger partial charge is 0.341 e. The van der Waals surface area contributed by atoms with Crippen molar-refractivity contribution in [3.8, 4) is 0 Å². The molecule has 0 spiro atoms. The highest BCUT2D eigenvalue weighted by Gasteiger charge is 2.48. The van der Waals surface area contributed by atoms with Crippen LogP contribution in [0, 0.1) is 0 Å². The molecule has 1 N–H and O–H groups in total. The van der Waals surface area contributed by atoms with Gasteiger partial charge >= 0.3 is 5.97 Å². The van der Waals surface area contributed by atoms with Crippen LogP contribution in [0.25, 0.3) is 10.9 Å². The number of H-pyrrole nitrogens is 1. The molecule has 0 aliphatic heterocycles. The van der Waals surface area contributed by atoms with Crippen molar-refractivity contribution < 1.29 is 9.53 Å². The van der Waals surface area contributed by atoms with Crippen LogP contribution in [0.1, 0.15) is 28.8 Å². The summed E-state index contributed by atoms with van der Waals surface area (Å²) in [4.78, 5) is 16.5. The fourth-order valence-electron chi connectivity index (χ4n) is 2.57. The van der Waals surface area contributed by atoms with Gasteiger partial charge in [-0.15, -0.1) is 0 Å². The Morgan fingerprint density at radius 3 is 2.71 bits per heavy atom. The highest BCUT2D eigenvalue weighted by Crippen LogP contribution is 2.49. The van der Waals surface area contributed by atoms with Gasteiger partial charge in [-0.25, -0.2) is 4.79 Å². The van der Waals surface area contributed by atoms with Crippen molar-refractivity contribution in [3.63, 3.8) is 0 Å². The summed E-state index contributed by atoms with van der Waals surface area (Å²) in [5, 5.41) is 7.48. The molecule has 0 unspecified atom stereocenters. The van der Waals surface area contributed by atoms with Crippen molar-refractivity contribution in [2.75, 3.05) is 0 Å². The second kappa shape index (κ2) is 4.41. The standard InChI is InChI=1S/C16H13N3O2/c20-15(13-8-17-10-14-12(13)9-18-19-14)21-16(6-7-16)11-4-2-1-3-5-11/h1-5,8-10H,6-7H2,(H,18,19). The first-order chi connectivity index (χ1) is 10.3. The number of fused-ring (bicyclic) bond motifs is 1. The molecule has 0 amide bonds. The number of aromatic amines is 1. The fourth-order valence-corrected chi connectivity index (χ4v) is 2.57. The van der Waals surface area contributed by atoms with Crippen LogP contribution in [0.15, 0.2) is 48.9 Å². The van der Waals surface area contributed by atoms with Crippen molar-refractivity contribution in [1.29, 1.82) is 0 Å². The summed E-state index contributed by atoms with van der Waals surface area (Å²) in [6, 6.07) is 9.87. The van der Waals surface area contributed by atoms with Crippen LogP contribution < -0.4 is 0 Å². The van der Waals surface area contributed by atoms with Crippen molar-refractivity contribution >= 4 is 16.9 Å². The third kappa shape index (κ3) is 1.98. The van der Waals surface area contributed by atoms with Crippen molar-refractivity contribution in [2.45, 2.75) is 18.4 Å². The van der Waals surface area contributed by atoms with E-state index in [1.54, 1.807) is 12.4 Å². The first kappa shape index (κ1) is 12.1. The molecule has 2 aromatic heterocycles. The normalized spacial score (nSPS) is 15.8. The second-order valence-electron chi connectivity index (χ2n) is 5.27. The number of aromatic nitrogens is 3. The molecule has 0 radical (unpaired) electrons. The lowest BCUT2D eigenvalue weighted by Gasteiger charge is -2.17. The lowest BCUT2D eigenvalue weighted by molar-refractivity contribution is 0.0216. The minimum atomic E-state index is -0.468. The first-order valence-electron chi connectivity index (χ1n) is 6.84. The van der Waals surface area contributed by atoms with E-state index in [2.05, 4.69) is 15.2 Å². The highest BCUT2D eigenvalue weighted by molar-refractivity contribution is 6.02. The first-order valence-corrected chi connectivity index (χ1v) is 6.84. The molecule has 1 aliphatic rings. The monoisotopic (exact) mass is 279 g/mol. The van der Waals surface area contributed by atoms with Gasteiger partial charge in [-0.2, -0.15) is 5.10 Å². The van der Waals surface area contributed by atoms with E-state index >= 15 is 0 Å². The number of nitrogens with zero attached hydrogens (tertiary/aromatic N) is 2. The van der Waals surface area contributed by atoms with E-state index in [-0.39, 0.29) is 5.97 Å². The van der Waals surface area contributed by atoms with Gasteiger partial charge in [0.2, 0.25) is 0 Å². The van der Waals surface area contributed by atoms with Crippen molar-refractivity contribution in [1.82, 2.24) is 15.2 Å². The maximum Gasteiger partial charge on any atom is 0.341 e. The quantitative estimate of drug-likeness (QED) is 0.748. The number of ether oxygens (including phenoxy) is 1. The number of nitrogens with one attached hydrogen (secondary N) is 1. The average molecular weight is 279 g/mol. The molecule has 1 saturated carbocycles. The predicted octanol–water partition coefficient (Wildman–Crippen LogP) is 2.80.